The number of nitrogens with two attached hydrogens (primary N) is 1. The van der Waals surface area contributed by atoms with Gasteiger partial charge in [0.05, 0.1) is 5.03 Å². The molecule has 0 aromatic carbocycles. The van der Waals surface area contributed by atoms with E-state index < -0.39 is 0 Å². The van der Waals surface area contributed by atoms with Gasteiger partial charge in [0.25, 0.3) is 0 Å². The smallest absolute Gasteiger partial charge is 0.104 e. The first kappa shape index (κ1) is 8.05. The molecule has 0 aliphatic heterocycles. The summed E-state index contributed by atoms with van der Waals surface area (Å²) in [5, 5.41) is 15.4. The van der Waals surface area contributed by atoms with Crippen molar-refractivity contribution in [2.75, 3.05) is 0 Å². The average molecular weight is 141 g/mol. The van der Waals surface area contributed by atoms with E-state index >= 15 is 0 Å². The second-order valence-corrected chi connectivity index (χ2v) is 1.98. The summed E-state index contributed by atoms with van der Waals surface area (Å²) in [4.78, 5) is 0. The van der Waals surface area contributed by atoms with Gasteiger partial charge in [-0.05, 0) is 6.92 Å². The molecule has 0 unspecified atom stereocenters. The Morgan fingerprint density at radius 2 is 2.22 bits per heavy atom. The molecule has 0 aliphatic carbocycles. The van der Waals surface area contributed by atoms with Gasteiger partial charge in [-0.15, -0.1) is 12.6 Å². The molecular formula is C5H7N3S. The van der Waals surface area contributed by atoms with Crippen molar-refractivity contribution in [1.29, 1.82) is 10.7 Å². The molecule has 0 atom stereocenters. The molecule has 4 heteroatoms. The summed E-state index contributed by atoms with van der Waals surface area (Å²) in [6.07, 6.45) is 0. The Hall–Kier alpha value is -0.950. The van der Waals surface area contributed by atoms with Crippen LogP contribution in [0.5, 0.6) is 0 Å². The molecule has 3 nitrogen and oxygen atoms in total. The van der Waals surface area contributed by atoms with E-state index in [1.807, 2.05) is 0 Å². The fourth-order valence-corrected chi connectivity index (χ4v) is 0.551. The molecule has 0 amide bonds. The van der Waals surface area contributed by atoms with E-state index in [4.69, 9.17) is 16.4 Å². The van der Waals surface area contributed by atoms with E-state index in [9.17, 15) is 0 Å². The lowest BCUT2D eigenvalue weighted by Gasteiger charge is -1.93. The second-order valence-electron chi connectivity index (χ2n) is 1.50. The van der Waals surface area contributed by atoms with Gasteiger partial charge >= 0.3 is 0 Å². The van der Waals surface area contributed by atoms with Crippen molar-refractivity contribution in [2.45, 2.75) is 6.92 Å². The van der Waals surface area contributed by atoms with Crippen molar-refractivity contribution in [1.82, 2.24) is 0 Å². The van der Waals surface area contributed by atoms with Crippen LogP contribution in [0.1, 0.15) is 6.92 Å². The van der Waals surface area contributed by atoms with E-state index in [1.165, 1.54) is 6.92 Å². The van der Waals surface area contributed by atoms with Crippen molar-refractivity contribution in [3.05, 3.63) is 10.6 Å². The molecule has 0 aliphatic rings. The minimum atomic E-state index is 0.102. The molecule has 0 heterocycles. The summed E-state index contributed by atoms with van der Waals surface area (Å²) < 4.78 is 0. The quantitative estimate of drug-likeness (QED) is 0.285. The Bertz CT molecular complexity index is 195. The molecule has 3 N–H and O–H groups in total. The molecule has 0 saturated carbocycles. The van der Waals surface area contributed by atoms with Crippen LogP contribution in [0.25, 0.3) is 0 Å². The van der Waals surface area contributed by atoms with Crippen LogP contribution in [0, 0.1) is 16.7 Å². The summed E-state index contributed by atoms with van der Waals surface area (Å²) >= 11 is 3.71. The van der Waals surface area contributed by atoms with E-state index in [1.54, 1.807) is 6.07 Å². The van der Waals surface area contributed by atoms with E-state index in [0.29, 0.717) is 0 Å². The standard InChI is InChI=1S/C5H7N3S/c1-3(7)4(2-6)5(8)9/h7,9H,8H2,1H3/b5-4-,7-3?. The number of hydrogen-bond donors (Lipinski definition) is 3. The highest BCUT2D eigenvalue weighted by molar-refractivity contribution is 7.84. The number of nitrogens with one attached hydrogen (secondary N) is 1. The van der Waals surface area contributed by atoms with Gasteiger partial charge in [0, 0.05) is 5.71 Å². The highest BCUT2D eigenvalue weighted by Crippen LogP contribution is 2.01. The molecule has 0 aromatic heterocycles. The van der Waals surface area contributed by atoms with Crippen molar-refractivity contribution < 1.29 is 0 Å². The third-order valence-corrected chi connectivity index (χ3v) is 0.967. The summed E-state index contributed by atoms with van der Waals surface area (Å²) in [5.74, 6) is 0. The third kappa shape index (κ3) is 2.20. The first-order valence-electron chi connectivity index (χ1n) is 2.24. The van der Waals surface area contributed by atoms with Crippen LogP contribution < -0.4 is 5.73 Å². The van der Waals surface area contributed by atoms with Crippen LogP contribution in [0.2, 0.25) is 0 Å². The van der Waals surface area contributed by atoms with Crippen LogP contribution in [0.4, 0.5) is 0 Å². The molecule has 0 saturated heterocycles. The Morgan fingerprint density at radius 1 is 1.78 bits per heavy atom. The predicted octanol–water partition coefficient (Wildman–Crippen LogP) is 0.650. The lowest BCUT2D eigenvalue weighted by molar-refractivity contribution is 1.41. The van der Waals surface area contributed by atoms with Crippen molar-refractivity contribution in [3.8, 4) is 6.07 Å². The fraction of sp³-hybridized carbons (Fsp3) is 0.200. The van der Waals surface area contributed by atoms with Crippen molar-refractivity contribution in [3.63, 3.8) is 0 Å². The second kappa shape index (κ2) is 3.15. The molecule has 9 heavy (non-hydrogen) atoms. The minimum Gasteiger partial charge on any atom is -0.393 e. The molecule has 0 rings (SSSR count). The van der Waals surface area contributed by atoms with Gasteiger partial charge < -0.3 is 11.1 Å². The summed E-state index contributed by atoms with van der Waals surface area (Å²) in [5.41, 5.74) is 5.41. The highest BCUT2D eigenvalue weighted by atomic mass is 32.1. The monoisotopic (exact) mass is 141 g/mol. The maximum Gasteiger partial charge on any atom is 0.104 e. The van der Waals surface area contributed by atoms with Crippen LogP contribution >= 0.6 is 12.6 Å². The minimum absolute atomic E-state index is 0.102. The molecule has 0 fully saturated rings. The number of thiol groups is 1. The van der Waals surface area contributed by atoms with E-state index in [2.05, 4.69) is 12.6 Å². The fourth-order valence-electron chi connectivity index (χ4n) is 0.333. The molecule has 0 spiro atoms. The number of nitrogens with zero attached hydrogens (tertiary/aromatic N) is 1. The first-order chi connectivity index (χ1) is 4.09. The maximum absolute atomic E-state index is 8.29. The molecule has 48 valence electrons. The topological polar surface area (TPSA) is 73.7 Å². The van der Waals surface area contributed by atoms with Gasteiger partial charge in [0.15, 0.2) is 0 Å². The molecule has 0 bridgehead atoms. The average Bonchev–Trinajstić information content (AvgIpc) is 1.64. The van der Waals surface area contributed by atoms with Gasteiger partial charge in [-0.2, -0.15) is 5.26 Å². The normalized spacial score (nSPS) is 11.7. The highest BCUT2D eigenvalue weighted by Gasteiger charge is 1.99. The zero-order chi connectivity index (χ0) is 7.44. The van der Waals surface area contributed by atoms with Crippen LogP contribution in [0.3, 0.4) is 0 Å². The summed E-state index contributed by atoms with van der Waals surface area (Å²) in [6.45, 7) is 1.49. The van der Waals surface area contributed by atoms with Crippen LogP contribution in [-0.2, 0) is 0 Å². The lowest BCUT2D eigenvalue weighted by atomic mass is 10.2. The zero-order valence-electron chi connectivity index (χ0n) is 4.97. The van der Waals surface area contributed by atoms with E-state index in [-0.39, 0.29) is 16.3 Å². The molecular weight excluding hydrogens is 134 g/mol. The van der Waals surface area contributed by atoms with E-state index in [0.717, 1.165) is 0 Å². The van der Waals surface area contributed by atoms with Crippen molar-refractivity contribution in [2.24, 2.45) is 5.73 Å². The molecule has 0 radical (unpaired) electrons. The number of nitriles is 1. The lowest BCUT2D eigenvalue weighted by Crippen LogP contribution is -2.01. The third-order valence-electron chi connectivity index (χ3n) is 0.743. The summed E-state index contributed by atoms with van der Waals surface area (Å²) in [6, 6.07) is 1.75. The van der Waals surface area contributed by atoms with Gasteiger partial charge in [-0.1, -0.05) is 0 Å². The summed E-state index contributed by atoms with van der Waals surface area (Å²) in [7, 11) is 0. The van der Waals surface area contributed by atoms with Gasteiger partial charge in [-0.3, -0.25) is 0 Å². The Labute approximate surface area is 59.1 Å². The van der Waals surface area contributed by atoms with Gasteiger partial charge in [-0.25, -0.2) is 0 Å². The Morgan fingerprint density at radius 3 is 2.22 bits per heavy atom. The van der Waals surface area contributed by atoms with Crippen molar-refractivity contribution >= 4 is 18.3 Å². The maximum atomic E-state index is 8.29. The molecule has 0 aromatic rings. The van der Waals surface area contributed by atoms with Crippen LogP contribution in [0.15, 0.2) is 10.6 Å². The van der Waals surface area contributed by atoms with Crippen LogP contribution in [-0.4, -0.2) is 5.71 Å². The number of allylic oxidation sites excluding steroid dienone is 1. The Balaban J connectivity index is 4.62. The van der Waals surface area contributed by atoms with Gasteiger partial charge in [0.2, 0.25) is 0 Å². The van der Waals surface area contributed by atoms with Gasteiger partial charge in [0.1, 0.15) is 11.6 Å². The number of hydrogen-bond acceptors (Lipinski definition) is 4. The Kier molecular flexibility index (Phi) is 2.82. The number of rotatable bonds is 1. The predicted molar refractivity (Wildman–Crippen MR) is 39.2 cm³/mol. The largest absolute Gasteiger partial charge is 0.393 e. The zero-order valence-corrected chi connectivity index (χ0v) is 5.87. The SMILES string of the molecule is CC(=N)/C(C#N)=C(/N)S. The first-order valence-corrected chi connectivity index (χ1v) is 2.68.